The minimum atomic E-state index is -3.75. The number of fused-ring (bicyclic) bond motifs is 2. The van der Waals surface area contributed by atoms with Gasteiger partial charge in [-0.2, -0.15) is 0 Å². The molecule has 1 aliphatic carbocycles. The third-order valence-electron chi connectivity index (χ3n) is 8.80. The van der Waals surface area contributed by atoms with Crippen molar-refractivity contribution in [1.82, 2.24) is 4.57 Å². The number of alkyl halides is 2. The average Bonchev–Trinajstić information content (AvgIpc) is 3.64. The van der Waals surface area contributed by atoms with Crippen molar-refractivity contribution >= 4 is 16.7 Å². The molecule has 1 aliphatic heterocycles. The van der Waals surface area contributed by atoms with Crippen LogP contribution in [0.25, 0.3) is 10.9 Å². The van der Waals surface area contributed by atoms with Crippen molar-refractivity contribution in [3.05, 3.63) is 59.0 Å². The number of aliphatic hydroxyl groups excluding tert-OH is 1. The second kappa shape index (κ2) is 13.3. The molecule has 0 amide bonds. The van der Waals surface area contributed by atoms with Crippen molar-refractivity contribution in [2.45, 2.75) is 102 Å². The minimum absolute atomic E-state index is 0.0832. The van der Waals surface area contributed by atoms with Crippen LogP contribution in [-0.2, 0) is 38.1 Å². The molecule has 1 N–H and O–H groups in total. The molecular formula is C35H44F3NO6. The van der Waals surface area contributed by atoms with Gasteiger partial charge in [-0.3, -0.25) is 4.79 Å². The predicted octanol–water partition coefficient (Wildman–Crippen LogP) is 7.22. The summed E-state index contributed by atoms with van der Waals surface area (Å²) in [6.45, 7) is 10.3. The van der Waals surface area contributed by atoms with Gasteiger partial charge in [0.2, 0.25) is 0 Å². The van der Waals surface area contributed by atoms with Gasteiger partial charge >= 0.3 is 6.29 Å². The van der Waals surface area contributed by atoms with E-state index in [1.54, 1.807) is 12.1 Å². The molecule has 3 aromatic rings. The average molecular weight is 632 g/mol. The Morgan fingerprint density at radius 1 is 1.02 bits per heavy atom. The van der Waals surface area contributed by atoms with Crippen LogP contribution in [0.2, 0.25) is 0 Å². The van der Waals surface area contributed by atoms with E-state index in [0.717, 1.165) is 36.8 Å². The van der Waals surface area contributed by atoms with E-state index in [2.05, 4.69) is 37.2 Å². The molecule has 45 heavy (non-hydrogen) atoms. The zero-order valence-corrected chi connectivity index (χ0v) is 26.6. The first-order chi connectivity index (χ1) is 21.4. The molecule has 1 aromatic heterocycles. The first-order valence-corrected chi connectivity index (χ1v) is 16.0. The zero-order chi connectivity index (χ0) is 32.4. The Morgan fingerprint density at radius 3 is 2.40 bits per heavy atom. The Hall–Kier alpha value is -3.08. The summed E-state index contributed by atoms with van der Waals surface area (Å²) in [7, 11) is 0. The van der Waals surface area contributed by atoms with Crippen molar-refractivity contribution in [2.75, 3.05) is 26.4 Å². The fourth-order valence-electron chi connectivity index (χ4n) is 6.04. The monoisotopic (exact) mass is 631 g/mol. The summed E-state index contributed by atoms with van der Waals surface area (Å²) in [6.07, 6.45) is 0.267. The highest BCUT2D eigenvalue weighted by molar-refractivity contribution is 5.95. The molecule has 0 bridgehead atoms. The van der Waals surface area contributed by atoms with Gasteiger partial charge in [-0.05, 0) is 67.1 Å². The number of rotatable bonds is 17. The van der Waals surface area contributed by atoms with Gasteiger partial charge in [0, 0.05) is 36.1 Å². The van der Waals surface area contributed by atoms with Crippen molar-refractivity contribution in [2.24, 2.45) is 0 Å². The molecule has 0 saturated heterocycles. The number of nitrogens with zero attached hydrogens (tertiary/aromatic N) is 1. The fraction of sp³-hybridized carbons (Fsp3) is 0.571. The van der Waals surface area contributed by atoms with Crippen molar-refractivity contribution in [3.63, 3.8) is 0 Å². The van der Waals surface area contributed by atoms with Gasteiger partial charge in [0.1, 0.15) is 11.6 Å². The molecule has 1 fully saturated rings. The molecule has 2 aliphatic rings. The van der Waals surface area contributed by atoms with Crippen LogP contribution in [0.15, 0.2) is 36.4 Å². The van der Waals surface area contributed by atoms with E-state index >= 15 is 4.39 Å². The molecule has 0 radical (unpaired) electrons. The van der Waals surface area contributed by atoms with Gasteiger partial charge in [-0.1, -0.05) is 46.6 Å². The van der Waals surface area contributed by atoms with Crippen LogP contribution in [0.5, 0.6) is 11.5 Å². The van der Waals surface area contributed by atoms with E-state index < -0.39 is 29.0 Å². The van der Waals surface area contributed by atoms with Crippen LogP contribution >= 0.6 is 0 Å². The zero-order valence-electron chi connectivity index (χ0n) is 26.6. The number of hydrogen-bond donors (Lipinski definition) is 1. The van der Waals surface area contributed by atoms with Crippen LogP contribution in [0.1, 0.15) is 83.0 Å². The summed E-state index contributed by atoms with van der Waals surface area (Å²) in [6, 6.07) is 9.53. The number of halogens is 3. The number of carbonyl (C=O) groups is 1. The molecular weight excluding hydrogens is 587 g/mol. The highest BCUT2D eigenvalue weighted by Gasteiger charge is 2.52. The standard InChI is InChI=1S/C35H44F3NO6/c1-5-7-13-42-21-26(40)20-39-28-19-27(36)23(15-24(28)16-31(39)33(3,4)22-43-14-8-6-2)17-32(41)34(11-12-34)25-9-10-29-30(18-25)45-35(37,38)44-29/h9-10,15-16,18-19,26,40H,5-8,11-14,17,20-22H2,1-4H3/t26-/m1/s1. The SMILES string of the molecule is CCCCOC[C@H](O)Cn1c(C(C)(C)COCCCC)cc2cc(CC(=O)C3(c4ccc5c(c4)OC(F)(F)O5)CC3)c(F)cc21. The normalized spacial score (nSPS) is 17.2. The highest BCUT2D eigenvalue weighted by Crippen LogP contribution is 2.52. The predicted molar refractivity (Wildman–Crippen MR) is 165 cm³/mol. The number of ketones is 1. The van der Waals surface area contributed by atoms with Gasteiger partial charge in [-0.25, -0.2) is 4.39 Å². The third kappa shape index (κ3) is 7.34. The molecule has 7 nitrogen and oxygen atoms in total. The lowest BCUT2D eigenvalue weighted by Gasteiger charge is -2.28. The number of unbranched alkanes of at least 4 members (excludes halogenated alkanes) is 2. The summed E-state index contributed by atoms with van der Waals surface area (Å²) >= 11 is 0. The first-order valence-electron chi connectivity index (χ1n) is 16.0. The lowest BCUT2D eigenvalue weighted by atomic mass is 9.87. The Kier molecular flexibility index (Phi) is 9.87. The van der Waals surface area contributed by atoms with E-state index in [9.17, 15) is 18.7 Å². The Balaban J connectivity index is 1.41. The molecule has 1 atom stereocenters. The fourth-order valence-corrected chi connectivity index (χ4v) is 6.04. The summed E-state index contributed by atoms with van der Waals surface area (Å²) in [4.78, 5) is 13.7. The topological polar surface area (TPSA) is 79.2 Å². The number of ether oxygens (including phenoxy) is 4. The van der Waals surface area contributed by atoms with Gasteiger partial charge < -0.3 is 28.6 Å². The second-order valence-corrected chi connectivity index (χ2v) is 13.0. The van der Waals surface area contributed by atoms with Gasteiger partial charge in [0.15, 0.2) is 11.5 Å². The van der Waals surface area contributed by atoms with Gasteiger partial charge in [-0.15, -0.1) is 8.78 Å². The summed E-state index contributed by atoms with van der Waals surface area (Å²) in [5.74, 6) is -0.902. The number of Topliss-reactive ketones (excluding diaryl/α,β-unsaturated/α-hetero) is 1. The lowest BCUT2D eigenvalue weighted by Crippen LogP contribution is -2.31. The Morgan fingerprint density at radius 2 is 1.71 bits per heavy atom. The quantitative estimate of drug-likeness (QED) is 0.159. The van der Waals surface area contributed by atoms with Crippen molar-refractivity contribution < 1.29 is 42.0 Å². The maximum absolute atomic E-state index is 15.8. The smallest absolute Gasteiger partial charge is 0.395 e. The van der Waals surface area contributed by atoms with Gasteiger partial charge in [0.25, 0.3) is 0 Å². The Labute approximate surface area is 262 Å². The molecule has 1 saturated carbocycles. The largest absolute Gasteiger partial charge is 0.586 e. The minimum Gasteiger partial charge on any atom is -0.395 e. The molecule has 10 heteroatoms. The molecule has 5 rings (SSSR count). The molecule has 246 valence electrons. The van der Waals surface area contributed by atoms with E-state index in [0.29, 0.717) is 43.7 Å². The first kappa shape index (κ1) is 33.3. The second-order valence-electron chi connectivity index (χ2n) is 13.0. The van der Waals surface area contributed by atoms with E-state index in [-0.39, 0.29) is 42.4 Å². The third-order valence-corrected chi connectivity index (χ3v) is 8.80. The maximum Gasteiger partial charge on any atom is 0.586 e. The highest BCUT2D eigenvalue weighted by atomic mass is 19.3. The van der Waals surface area contributed by atoms with Crippen LogP contribution in [-0.4, -0.2) is 54.3 Å². The molecule has 0 unspecified atom stereocenters. The van der Waals surface area contributed by atoms with E-state index in [1.807, 2.05) is 10.6 Å². The molecule has 2 aromatic carbocycles. The van der Waals surface area contributed by atoms with Crippen molar-refractivity contribution in [3.8, 4) is 11.5 Å². The van der Waals surface area contributed by atoms with E-state index in [4.69, 9.17) is 9.47 Å². The van der Waals surface area contributed by atoms with Crippen LogP contribution in [0.4, 0.5) is 13.2 Å². The summed E-state index contributed by atoms with van der Waals surface area (Å²) < 4.78 is 65.6. The van der Waals surface area contributed by atoms with Crippen LogP contribution in [0.3, 0.4) is 0 Å². The molecule has 0 spiro atoms. The maximum atomic E-state index is 15.8. The van der Waals surface area contributed by atoms with Crippen LogP contribution in [0, 0.1) is 5.82 Å². The van der Waals surface area contributed by atoms with Crippen molar-refractivity contribution in [1.29, 1.82) is 0 Å². The lowest BCUT2D eigenvalue weighted by molar-refractivity contribution is -0.286. The number of aromatic nitrogens is 1. The van der Waals surface area contributed by atoms with Crippen LogP contribution < -0.4 is 9.47 Å². The Bertz CT molecular complexity index is 1510. The summed E-state index contributed by atoms with van der Waals surface area (Å²) in [5, 5.41) is 11.6. The number of benzene rings is 2. The molecule has 2 heterocycles. The number of hydrogen-bond acceptors (Lipinski definition) is 6. The summed E-state index contributed by atoms with van der Waals surface area (Å²) in [5.41, 5.74) is 0.994. The number of aliphatic hydroxyl groups is 1. The number of carbonyl (C=O) groups excluding carboxylic acids is 1. The van der Waals surface area contributed by atoms with E-state index in [1.165, 1.54) is 18.2 Å². The van der Waals surface area contributed by atoms with Gasteiger partial charge in [0.05, 0.1) is 36.8 Å².